The summed E-state index contributed by atoms with van der Waals surface area (Å²) in [6, 6.07) is 0. The first-order valence-electron chi connectivity index (χ1n) is 10.7. The van der Waals surface area contributed by atoms with Crippen LogP contribution in [-0.2, 0) is 0 Å². The van der Waals surface area contributed by atoms with Gasteiger partial charge in [-0.3, -0.25) is 0 Å². The minimum atomic E-state index is 0.600. The SMILES string of the molecule is C=C(CC)C1CCC2C3CCC4C[C@@H](C)CCC4C3CCC12C. The molecule has 7 unspecified atom stereocenters. The van der Waals surface area contributed by atoms with Crippen LogP contribution in [0, 0.1) is 46.8 Å². The second-order valence-electron chi connectivity index (χ2n) is 10.0. The first kappa shape index (κ1) is 16.2. The lowest BCUT2D eigenvalue weighted by Crippen LogP contribution is -2.48. The Labute approximate surface area is 144 Å². The Hall–Kier alpha value is -0.260. The molecule has 0 bridgehead atoms. The second kappa shape index (κ2) is 5.92. The lowest BCUT2D eigenvalue weighted by atomic mass is 9.49. The molecule has 4 saturated carbocycles. The normalized spacial score (nSPS) is 52.4. The highest BCUT2D eigenvalue weighted by Gasteiger charge is 2.56. The molecule has 8 atom stereocenters. The highest BCUT2D eigenvalue weighted by atomic mass is 14.6. The molecule has 4 rings (SSSR count). The predicted octanol–water partition coefficient (Wildman–Crippen LogP) is 6.86. The molecule has 0 aromatic heterocycles. The molecule has 0 aliphatic heterocycles. The van der Waals surface area contributed by atoms with Crippen molar-refractivity contribution >= 4 is 0 Å². The molecule has 23 heavy (non-hydrogen) atoms. The fourth-order valence-electron chi connectivity index (χ4n) is 8.00. The highest BCUT2D eigenvalue weighted by molar-refractivity contribution is 5.15. The third-order valence-electron chi connectivity index (χ3n) is 9.16. The lowest BCUT2D eigenvalue weighted by molar-refractivity contribution is -0.0635. The van der Waals surface area contributed by atoms with Gasteiger partial charge in [0.1, 0.15) is 0 Å². The summed E-state index contributed by atoms with van der Waals surface area (Å²) in [4.78, 5) is 0. The number of rotatable bonds is 2. The average molecular weight is 315 g/mol. The van der Waals surface area contributed by atoms with E-state index in [1.807, 2.05) is 0 Å². The van der Waals surface area contributed by atoms with E-state index in [0.717, 1.165) is 41.4 Å². The Morgan fingerprint density at radius 1 is 0.957 bits per heavy atom. The zero-order valence-electron chi connectivity index (χ0n) is 15.8. The third kappa shape index (κ3) is 2.46. The summed E-state index contributed by atoms with van der Waals surface area (Å²) in [7, 11) is 0. The quantitative estimate of drug-likeness (QED) is 0.488. The average Bonchev–Trinajstić information content (AvgIpc) is 2.90. The van der Waals surface area contributed by atoms with Gasteiger partial charge in [-0.2, -0.15) is 0 Å². The zero-order chi connectivity index (χ0) is 16.2. The van der Waals surface area contributed by atoms with Crippen LogP contribution in [0.2, 0.25) is 0 Å². The van der Waals surface area contributed by atoms with Crippen molar-refractivity contribution < 1.29 is 0 Å². The first-order chi connectivity index (χ1) is 11.0. The maximum Gasteiger partial charge on any atom is -0.0149 e. The molecular weight excluding hydrogens is 276 g/mol. The molecule has 0 saturated heterocycles. The van der Waals surface area contributed by atoms with Gasteiger partial charge in [-0.15, -0.1) is 0 Å². The smallest absolute Gasteiger partial charge is 0.0149 e. The van der Waals surface area contributed by atoms with Gasteiger partial charge in [-0.05, 0) is 105 Å². The van der Waals surface area contributed by atoms with E-state index in [-0.39, 0.29) is 0 Å². The molecule has 0 nitrogen and oxygen atoms in total. The van der Waals surface area contributed by atoms with Crippen molar-refractivity contribution in [1.82, 2.24) is 0 Å². The maximum atomic E-state index is 4.47. The Balaban J connectivity index is 1.55. The van der Waals surface area contributed by atoms with Crippen LogP contribution in [0.5, 0.6) is 0 Å². The van der Waals surface area contributed by atoms with Crippen LogP contribution in [0.1, 0.15) is 85.0 Å². The van der Waals surface area contributed by atoms with Crippen LogP contribution in [0.15, 0.2) is 12.2 Å². The van der Waals surface area contributed by atoms with Crippen molar-refractivity contribution in [2.75, 3.05) is 0 Å². The number of fused-ring (bicyclic) bond motifs is 5. The molecule has 4 aliphatic carbocycles. The fourth-order valence-corrected chi connectivity index (χ4v) is 8.00. The van der Waals surface area contributed by atoms with E-state index in [4.69, 9.17) is 0 Å². The van der Waals surface area contributed by atoms with E-state index in [9.17, 15) is 0 Å². The van der Waals surface area contributed by atoms with Crippen molar-refractivity contribution in [2.24, 2.45) is 46.8 Å². The molecule has 0 spiro atoms. The summed E-state index contributed by atoms with van der Waals surface area (Å²) in [6.07, 6.45) is 14.9. The minimum Gasteiger partial charge on any atom is -0.0996 e. The Morgan fingerprint density at radius 2 is 1.74 bits per heavy atom. The van der Waals surface area contributed by atoms with E-state index in [0.29, 0.717) is 5.41 Å². The van der Waals surface area contributed by atoms with Crippen molar-refractivity contribution in [1.29, 1.82) is 0 Å². The third-order valence-corrected chi connectivity index (χ3v) is 9.16. The largest absolute Gasteiger partial charge is 0.0996 e. The maximum absolute atomic E-state index is 4.47. The molecule has 0 N–H and O–H groups in total. The van der Waals surface area contributed by atoms with Crippen molar-refractivity contribution in [3.8, 4) is 0 Å². The van der Waals surface area contributed by atoms with Crippen LogP contribution >= 0.6 is 0 Å². The topological polar surface area (TPSA) is 0 Å². The van der Waals surface area contributed by atoms with Gasteiger partial charge in [0.25, 0.3) is 0 Å². The molecule has 130 valence electrons. The van der Waals surface area contributed by atoms with E-state index < -0.39 is 0 Å². The molecule has 4 fully saturated rings. The number of hydrogen-bond donors (Lipinski definition) is 0. The van der Waals surface area contributed by atoms with Gasteiger partial charge < -0.3 is 0 Å². The monoisotopic (exact) mass is 314 g/mol. The molecule has 4 aliphatic rings. The molecule has 0 aromatic carbocycles. The van der Waals surface area contributed by atoms with Crippen LogP contribution in [0.4, 0.5) is 0 Å². The fraction of sp³-hybridized carbons (Fsp3) is 0.913. The van der Waals surface area contributed by atoms with Gasteiger partial charge >= 0.3 is 0 Å². The van der Waals surface area contributed by atoms with Gasteiger partial charge in [-0.25, -0.2) is 0 Å². The van der Waals surface area contributed by atoms with Crippen LogP contribution < -0.4 is 0 Å². The minimum absolute atomic E-state index is 0.600. The standard InChI is InChI=1S/C23H38/c1-5-16(3)21-10-11-22-20-9-7-17-14-15(2)6-8-18(17)19(20)12-13-23(21,22)4/h15,17-22H,3,5-14H2,1-2,4H3/t15-,17?,18?,19?,20?,21?,22?,23?/m0/s1. The molecule has 0 radical (unpaired) electrons. The summed E-state index contributed by atoms with van der Waals surface area (Å²) < 4.78 is 0. The van der Waals surface area contributed by atoms with E-state index in [2.05, 4.69) is 27.4 Å². The van der Waals surface area contributed by atoms with E-state index >= 15 is 0 Å². The Bertz CT molecular complexity index is 463. The summed E-state index contributed by atoms with van der Waals surface area (Å²) in [5.74, 6) is 7.21. The molecule has 0 heteroatoms. The highest BCUT2D eigenvalue weighted by Crippen LogP contribution is 2.65. The van der Waals surface area contributed by atoms with Gasteiger partial charge in [0.2, 0.25) is 0 Å². The second-order valence-corrected chi connectivity index (χ2v) is 10.0. The molecule has 0 amide bonds. The van der Waals surface area contributed by atoms with Crippen molar-refractivity contribution in [3.05, 3.63) is 12.2 Å². The number of allylic oxidation sites excluding steroid dienone is 1. The van der Waals surface area contributed by atoms with Gasteiger partial charge in [-0.1, -0.05) is 39.3 Å². The van der Waals surface area contributed by atoms with Crippen LogP contribution in [-0.4, -0.2) is 0 Å². The molecular formula is C23H38. The van der Waals surface area contributed by atoms with E-state index in [1.54, 1.807) is 37.7 Å². The van der Waals surface area contributed by atoms with Gasteiger partial charge in [0, 0.05) is 0 Å². The Morgan fingerprint density at radius 3 is 2.52 bits per heavy atom. The summed E-state index contributed by atoms with van der Waals surface area (Å²) >= 11 is 0. The van der Waals surface area contributed by atoms with Crippen molar-refractivity contribution in [2.45, 2.75) is 85.0 Å². The van der Waals surface area contributed by atoms with Crippen LogP contribution in [0.25, 0.3) is 0 Å². The van der Waals surface area contributed by atoms with Gasteiger partial charge in [0.05, 0.1) is 0 Å². The summed E-state index contributed by atoms with van der Waals surface area (Å²) in [5.41, 5.74) is 2.16. The molecule has 0 aromatic rings. The first-order valence-corrected chi connectivity index (χ1v) is 10.7. The van der Waals surface area contributed by atoms with E-state index in [1.165, 1.54) is 32.1 Å². The van der Waals surface area contributed by atoms with Gasteiger partial charge in [0.15, 0.2) is 0 Å². The van der Waals surface area contributed by atoms with Crippen LogP contribution in [0.3, 0.4) is 0 Å². The summed E-state index contributed by atoms with van der Waals surface area (Å²) in [6.45, 7) is 11.9. The zero-order valence-corrected chi connectivity index (χ0v) is 15.8. The predicted molar refractivity (Wildman–Crippen MR) is 99.2 cm³/mol. The molecule has 0 heterocycles. The number of hydrogen-bond acceptors (Lipinski definition) is 0. The van der Waals surface area contributed by atoms with Crippen molar-refractivity contribution in [3.63, 3.8) is 0 Å². The lowest BCUT2D eigenvalue weighted by Gasteiger charge is -2.56. The Kier molecular flexibility index (Phi) is 4.18. The summed E-state index contributed by atoms with van der Waals surface area (Å²) in [5, 5.41) is 0.